The highest BCUT2D eigenvalue weighted by molar-refractivity contribution is 7.09. The summed E-state index contributed by atoms with van der Waals surface area (Å²) >= 11 is 1.51. The molecule has 1 aromatic carbocycles. The average Bonchev–Trinajstić information content (AvgIpc) is 3.35. The number of hydrogen-bond acceptors (Lipinski definition) is 6. The monoisotopic (exact) mass is 414 g/mol. The molecule has 0 saturated carbocycles. The highest BCUT2D eigenvalue weighted by atomic mass is 32.1. The van der Waals surface area contributed by atoms with Crippen molar-refractivity contribution in [1.29, 1.82) is 0 Å². The predicted molar refractivity (Wildman–Crippen MR) is 112 cm³/mol. The third-order valence-electron chi connectivity index (χ3n) is 4.52. The van der Waals surface area contributed by atoms with E-state index in [0.717, 1.165) is 27.8 Å². The molecule has 1 N–H and O–H groups in total. The third-order valence-corrected chi connectivity index (χ3v) is 5.58. The smallest absolute Gasteiger partial charge is 0.226 e. The van der Waals surface area contributed by atoms with Crippen LogP contribution in [0.3, 0.4) is 0 Å². The zero-order chi connectivity index (χ0) is 20.8. The second kappa shape index (κ2) is 9.67. The molecule has 0 aliphatic heterocycles. The summed E-state index contributed by atoms with van der Waals surface area (Å²) in [4.78, 5) is 21.8. The Morgan fingerprint density at radius 1 is 1.38 bits per heavy atom. The average molecular weight is 415 g/mol. The van der Waals surface area contributed by atoms with Crippen molar-refractivity contribution in [2.45, 2.75) is 32.4 Å². The van der Waals surface area contributed by atoms with Gasteiger partial charge in [-0.05, 0) is 31.5 Å². The van der Waals surface area contributed by atoms with Gasteiger partial charge >= 0.3 is 0 Å². The van der Waals surface area contributed by atoms with Crippen LogP contribution in [0.15, 0.2) is 42.0 Å². The van der Waals surface area contributed by atoms with Gasteiger partial charge < -0.3 is 19.4 Å². The quantitative estimate of drug-likeness (QED) is 0.580. The van der Waals surface area contributed by atoms with Gasteiger partial charge in [-0.1, -0.05) is 12.1 Å². The van der Waals surface area contributed by atoms with Gasteiger partial charge in [0.25, 0.3) is 0 Å². The summed E-state index contributed by atoms with van der Waals surface area (Å²) in [5.41, 5.74) is 1.63. The summed E-state index contributed by atoms with van der Waals surface area (Å²) in [6.45, 7) is 4.54. The summed E-state index contributed by atoms with van der Waals surface area (Å²) in [6.07, 6.45) is 3.70. The van der Waals surface area contributed by atoms with Crippen LogP contribution in [0.4, 0.5) is 0 Å². The maximum Gasteiger partial charge on any atom is 0.226 e. The number of rotatable bonds is 9. The highest BCUT2D eigenvalue weighted by Gasteiger charge is 2.22. The van der Waals surface area contributed by atoms with Crippen LogP contribution < -0.4 is 10.1 Å². The van der Waals surface area contributed by atoms with E-state index in [9.17, 15) is 4.79 Å². The van der Waals surface area contributed by atoms with E-state index < -0.39 is 6.04 Å². The second-order valence-corrected chi connectivity index (χ2v) is 7.51. The van der Waals surface area contributed by atoms with Crippen molar-refractivity contribution in [3.05, 3.63) is 64.1 Å². The molecule has 3 aromatic rings. The second-order valence-electron chi connectivity index (χ2n) is 6.62. The van der Waals surface area contributed by atoms with E-state index in [4.69, 9.17) is 9.47 Å². The van der Waals surface area contributed by atoms with Gasteiger partial charge in [-0.3, -0.25) is 4.79 Å². The number of carbonyl (C=O) groups is 1. The van der Waals surface area contributed by atoms with Gasteiger partial charge in [-0.15, -0.1) is 11.3 Å². The first-order valence-electron chi connectivity index (χ1n) is 9.48. The zero-order valence-corrected chi connectivity index (χ0v) is 17.9. The fourth-order valence-electron chi connectivity index (χ4n) is 3.06. The SMILES string of the molecule is CCOC(C)c1nc(CC(=O)NC(c2cccc(OC)c2)c2nccn2C)cs1. The van der Waals surface area contributed by atoms with E-state index in [1.165, 1.54) is 11.3 Å². The normalized spacial score (nSPS) is 13.1. The van der Waals surface area contributed by atoms with Gasteiger partial charge in [0.2, 0.25) is 5.91 Å². The molecule has 2 unspecified atom stereocenters. The van der Waals surface area contributed by atoms with E-state index in [-0.39, 0.29) is 18.4 Å². The number of nitrogens with zero attached hydrogens (tertiary/aromatic N) is 3. The Morgan fingerprint density at radius 3 is 2.90 bits per heavy atom. The molecule has 154 valence electrons. The van der Waals surface area contributed by atoms with Crippen LogP contribution in [0.5, 0.6) is 5.75 Å². The van der Waals surface area contributed by atoms with E-state index >= 15 is 0 Å². The number of carbonyl (C=O) groups excluding carboxylic acids is 1. The van der Waals surface area contributed by atoms with E-state index in [1.807, 2.05) is 61.3 Å². The van der Waals surface area contributed by atoms with Crippen LogP contribution in [-0.4, -0.2) is 34.2 Å². The van der Waals surface area contributed by atoms with Gasteiger partial charge in [-0.2, -0.15) is 0 Å². The summed E-state index contributed by atoms with van der Waals surface area (Å²) in [5, 5.41) is 5.88. The van der Waals surface area contributed by atoms with E-state index in [2.05, 4.69) is 15.3 Å². The first-order valence-corrected chi connectivity index (χ1v) is 10.4. The topological polar surface area (TPSA) is 78.3 Å². The minimum absolute atomic E-state index is 0.0705. The summed E-state index contributed by atoms with van der Waals surface area (Å²) < 4.78 is 12.8. The number of ether oxygens (including phenoxy) is 2. The summed E-state index contributed by atoms with van der Waals surface area (Å²) in [7, 11) is 3.53. The standard InChI is InChI=1S/C21H26N4O3S/c1-5-28-14(2)21-23-16(13-29-21)12-18(26)24-19(20-22-9-10-25(20)3)15-7-6-8-17(11-15)27-4/h6-11,13-14,19H,5,12H2,1-4H3,(H,24,26). The minimum Gasteiger partial charge on any atom is -0.497 e. The molecule has 8 heteroatoms. The van der Waals surface area contributed by atoms with Crippen LogP contribution in [0.25, 0.3) is 0 Å². The van der Waals surface area contributed by atoms with Crippen LogP contribution in [0.1, 0.15) is 48.1 Å². The maximum atomic E-state index is 12.8. The molecule has 7 nitrogen and oxygen atoms in total. The fraction of sp³-hybridized carbons (Fsp3) is 0.381. The number of benzene rings is 1. The Labute approximate surface area is 174 Å². The summed E-state index contributed by atoms with van der Waals surface area (Å²) in [5.74, 6) is 1.35. The van der Waals surface area contributed by atoms with Crippen LogP contribution in [0, 0.1) is 0 Å². The van der Waals surface area contributed by atoms with E-state index in [1.54, 1.807) is 13.3 Å². The number of aromatic nitrogens is 3. The number of hydrogen-bond donors (Lipinski definition) is 1. The van der Waals surface area contributed by atoms with Crippen LogP contribution in [-0.2, 0) is 23.0 Å². The van der Waals surface area contributed by atoms with E-state index in [0.29, 0.717) is 6.61 Å². The van der Waals surface area contributed by atoms with Crippen molar-refractivity contribution in [2.75, 3.05) is 13.7 Å². The number of aryl methyl sites for hydroxylation is 1. The number of amides is 1. The van der Waals surface area contributed by atoms with Crippen molar-refractivity contribution in [1.82, 2.24) is 19.9 Å². The molecule has 1 amide bonds. The Morgan fingerprint density at radius 2 is 2.21 bits per heavy atom. The van der Waals surface area contributed by atoms with Crippen molar-refractivity contribution < 1.29 is 14.3 Å². The van der Waals surface area contributed by atoms with Crippen molar-refractivity contribution in [3.63, 3.8) is 0 Å². The lowest BCUT2D eigenvalue weighted by Gasteiger charge is -2.19. The lowest BCUT2D eigenvalue weighted by Crippen LogP contribution is -2.32. The van der Waals surface area contributed by atoms with Crippen LogP contribution in [0.2, 0.25) is 0 Å². The molecule has 0 radical (unpaired) electrons. The van der Waals surface area contributed by atoms with Crippen LogP contribution >= 0.6 is 11.3 Å². The first-order chi connectivity index (χ1) is 14.0. The lowest BCUT2D eigenvalue weighted by molar-refractivity contribution is -0.121. The van der Waals surface area contributed by atoms with Gasteiger partial charge in [0, 0.05) is 31.4 Å². The molecular formula is C21H26N4O3S. The zero-order valence-electron chi connectivity index (χ0n) is 17.1. The van der Waals surface area contributed by atoms with Gasteiger partial charge in [0.15, 0.2) is 0 Å². The lowest BCUT2D eigenvalue weighted by atomic mass is 10.1. The Kier molecular flexibility index (Phi) is 7.00. The van der Waals surface area contributed by atoms with Crippen molar-refractivity contribution in [3.8, 4) is 5.75 Å². The molecule has 29 heavy (non-hydrogen) atoms. The first kappa shape index (κ1) is 21.0. The molecule has 0 spiro atoms. The molecule has 2 atom stereocenters. The fourth-order valence-corrected chi connectivity index (χ4v) is 3.88. The molecule has 3 rings (SSSR count). The Hall–Kier alpha value is -2.71. The number of methoxy groups -OCH3 is 1. The molecule has 0 bridgehead atoms. The number of nitrogens with one attached hydrogen (secondary N) is 1. The molecule has 2 aromatic heterocycles. The molecule has 0 aliphatic rings. The predicted octanol–water partition coefficient (Wildman–Crippen LogP) is 3.43. The largest absolute Gasteiger partial charge is 0.497 e. The molecule has 0 aliphatic carbocycles. The summed E-state index contributed by atoms with van der Waals surface area (Å²) in [6, 6.07) is 7.24. The van der Waals surface area contributed by atoms with Crippen molar-refractivity contribution in [2.24, 2.45) is 7.05 Å². The molecule has 0 fully saturated rings. The minimum atomic E-state index is -0.391. The molecular weight excluding hydrogens is 388 g/mol. The van der Waals surface area contributed by atoms with Gasteiger partial charge in [0.05, 0.1) is 19.2 Å². The van der Waals surface area contributed by atoms with Gasteiger partial charge in [-0.25, -0.2) is 9.97 Å². The molecule has 2 heterocycles. The maximum absolute atomic E-state index is 12.8. The van der Waals surface area contributed by atoms with Crippen molar-refractivity contribution >= 4 is 17.2 Å². The number of thiazole rings is 1. The van der Waals surface area contributed by atoms with Gasteiger partial charge in [0.1, 0.15) is 28.7 Å². The third kappa shape index (κ3) is 5.21. The Bertz CT molecular complexity index is 953. The molecule has 0 saturated heterocycles. The Balaban J connectivity index is 1.77. The number of imidazole rings is 1. The highest BCUT2D eigenvalue weighted by Crippen LogP contribution is 2.25.